The van der Waals surface area contributed by atoms with Crippen LogP contribution >= 0.6 is 11.6 Å². The molecule has 0 fully saturated rings. The first-order chi connectivity index (χ1) is 8.06. The van der Waals surface area contributed by atoms with Gasteiger partial charge in [-0.15, -0.1) is 11.6 Å². The lowest BCUT2D eigenvalue weighted by Crippen LogP contribution is -1.97. The van der Waals surface area contributed by atoms with Crippen molar-refractivity contribution in [3.05, 3.63) is 58.5 Å². The van der Waals surface area contributed by atoms with Crippen LogP contribution in [-0.4, -0.2) is 0 Å². The molecule has 0 saturated carbocycles. The zero-order valence-electron chi connectivity index (χ0n) is 10.5. The molecule has 0 radical (unpaired) electrons. The van der Waals surface area contributed by atoms with Crippen LogP contribution in [0, 0.1) is 20.8 Å². The van der Waals surface area contributed by atoms with Crippen LogP contribution in [0.1, 0.15) is 33.4 Å². The first-order valence-corrected chi connectivity index (χ1v) is 6.25. The number of alkyl halides is 1. The molecule has 1 atom stereocenters. The molecule has 1 aromatic carbocycles. The first kappa shape index (κ1) is 12.3. The number of benzene rings is 1. The number of halogens is 1. The molecular weight excluding hydrogens is 232 g/mol. The highest BCUT2D eigenvalue weighted by molar-refractivity contribution is 6.20. The largest absolute Gasteiger partial charge is 0.469 e. The molecule has 17 heavy (non-hydrogen) atoms. The van der Waals surface area contributed by atoms with Crippen LogP contribution < -0.4 is 0 Å². The van der Waals surface area contributed by atoms with Crippen molar-refractivity contribution in [3.8, 4) is 0 Å². The third kappa shape index (κ3) is 2.92. The number of rotatable bonds is 3. The lowest BCUT2D eigenvalue weighted by molar-refractivity contribution is 0.531. The Morgan fingerprint density at radius 3 is 2.59 bits per heavy atom. The summed E-state index contributed by atoms with van der Waals surface area (Å²) in [5, 5.41) is -0.0204. The Morgan fingerprint density at radius 2 is 1.94 bits per heavy atom. The first-order valence-electron chi connectivity index (χ1n) is 5.81. The highest BCUT2D eigenvalue weighted by atomic mass is 35.5. The van der Waals surface area contributed by atoms with Gasteiger partial charge in [-0.2, -0.15) is 0 Å². The predicted octanol–water partition coefficient (Wildman–Crippen LogP) is 4.73. The van der Waals surface area contributed by atoms with Gasteiger partial charge in [0, 0.05) is 5.56 Å². The van der Waals surface area contributed by atoms with Gasteiger partial charge in [0.1, 0.15) is 5.76 Å². The maximum Gasteiger partial charge on any atom is 0.101 e. The molecule has 1 nitrogen and oxygen atoms in total. The molecular formula is C15H17ClO. The molecule has 0 spiro atoms. The Hall–Kier alpha value is -1.21. The second kappa shape index (κ2) is 4.97. The third-order valence-electron chi connectivity index (χ3n) is 3.02. The normalized spacial score (nSPS) is 12.7. The molecule has 2 aromatic rings. The lowest BCUT2D eigenvalue weighted by Gasteiger charge is -2.10. The highest BCUT2D eigenvalue weighted by Crippen LogP contribution is 2.28. The summed E-state index contributed by atoms with van der Waals surface area (Å²) in [5.41, 5.74) is 4.94. The number of hydrogen-bond acceptors (Lipinski definition) is 1. The van der Waals surface area contributed by atoms with E-state index in [-0.39, 0.29) is 5.38 Å². The SMILES string of the molecule is Cc1ccc(C)c(CC(Cl)c2coc(C)c2)c1. The Kier molecular flexibility index (Phi) is 3.58. The van der Waals surface area contributed by atoms with Gasteiger partial charge < -0.3 is 4.42 Å². The zero-order chi connectivity index (χ0) is 12.4. The minimum atomic E-state index is -0.0204. The molecule has 1 aromatic heterocycles. The van der Waals surface area contributed by atoms with E-state index in [0.717, 1.165) is 17.7 Å². The molecule has 90 valence electrons. The maximum atomic E-state index is 6.42. The highest BCUT2D eigenvalue weighted by Gasteiger charge is 2.12. The van der Waals surface area contributed by atoms with E-state index >= 15 is 0 Å². The Balaban J connectivity index is 2.18. The summed E-state index contributed by atoms with van der Waals surface area (Å²) >= 11 is 6.42. The van der Waals surface area contributed by atoms with E-state index in [1.165, 1.54) is 16.7 Å². The molecule has 0 aliphatic rings. The van der Waals surface area contributed by atoms with Crippen LogP contribution in [0.25, 0.3) is 0 Å². The van der Waals surface area contributed by atoms with E-state index in [2.05, 4.69) is 32.0 Å². The fraction of sp³-hybridized carbons (Fsp3) is 0.333. The smallest absolute Gasteiger partial charge is 0.101 e. The topological polar surface area (TPSA) is 13.1 Å². The molecule has 0 aliphatic heterocycles. The van der Waals surface area contributed by atoms with Crippen LogP contribution in [0.5, 0.6) is 0 Å². The quantitative estimate of drug-likeness (QED) is 0.716. The molecule has 2 rings (SSSR count). The van der Waals surface area contributed by atoms with Gasteiger partial charge in [0.2, 0.25) is 0 Å². The van der Waals surface area contributed by atoms with E-state index in [4.69, 9.17) is 16.0 Å². The summed E-state index contributed by atoms with van der Waals surface area (Å²) < 4.78 is 5.29. The van der Waals surface area contributed by atoms with E-state index < -0.39 is 0 Å². The van der Waals surface area contributed by atoms with Crippen molar-refractivity contribution in [3.63, 3.8) is 0 Å². The summed E-state index contributed by atoms with van der Waals surface area (Å²) in [6.07, 6.45) is 2.59. The zero-order valence-corrected chi connectivity index (χ0v) is 11.2. The van der Waals surface area contributed by atoms with Crippen LogP contribution in [0.4, 0.5) is 0 Å². The van der Waals surface area contributed by atoms with Crippen LogP contribution in [-0.2, 0) is 6.42 Å². The van der Waals surface area contributed by atoms with E-state index in [1.54, 1.807) is 6.26 Å². The van der Waals surface area contributed by atoms with Gasteiger partial charge in [-0.3, -0.25) is 0 Å². The van der Waals surface area contributed by atoms with Gasteiger partial charge in [-0.05, 0) is 44.4 Å². The lowest BCUT2D eigenvalue weighted by atomic mass is 9.99. The van der Waals surface area contributed by atoms with Crippen molar-refractivity contribution in [1.82, 2.24) is 0 Å². The van der Waals surface area contributed by atoms with Crippen LogP contribution in [0.15, 0.2) is 34.9 Å². The summed E-state index contributed by atoms with van der Waals surface area (Å²) in [4.78, 5) is 0. The fourth-order valence-corrected chi connectivity index (χ4v) is 2.24. The molecule has 0 bridgehead atoms. The third-order valence-corrected chi connectivity index (χ3v) is 3.42. The summed E-state index contributed by atoms with van der Waals surface area (Å²) in [7, 11) is 0. The van der Waals surface area contributed by atoms with Gasteiger partial charge in [0.15, 0.2) is 0 Å². The number of hydrogen-bond donors (Lipinski definition) is 0. The summed E-state index contributed by atoms with van der Waals surface area (Å²) in [5.74, 6) is 0.909. The number of furan rings is 1. The average molecular weight is 249 g/mol. The van der Waals surface area contributed by atoms with Crippen molar-refractivity contribution in [1.29, 1.82) is 0 Å². The second-order valence-electron chi connectivity index (χ2n) is 4.59. The monoisotopic (exact) mass is 248 g/mol. The van der Waals surface area contributed by atoms with Crippen molar-refractivity contribution < 1.29 is 4.42 Å². The van der Waals surface area contributed by atoms with Crippen molar-refractivity contribution in [2.45, 2.75) is 32.6 Å². The van der Waals surface area contributed by atoms with Crippen LogP contribution in [0.2, 0.25) is 0 Å². The number of aryl methyl sites for hydroxylation is 3. The second-order valence-corrected chi connectivity index (χ2v) is 5.12. The standard InChI is InChI=1S/C15H17ClO/c1-10-4-5-11(2)13(6-10)8-15(16)14-7-12(3)17-9-14/h4-7,9,15H,8H2,1-3H3. The Labute approximate surface area is 107 Å². The molecule has 1 unspecified atom stereocenters. The van der Waals surface area contributed by atoms with Crippen molar-refractivity contribution in [2.24, 2.45) is 0 Å². The average Bonchev–Trinajstić information content (AvgIpc) is 2.70. The van der Waals surface area contributed by atoms with E-state index in [1.807, 2.05) is 13.0 Å². The maximum absolute atomic E-state index is 6.42. The van der Waals surface area contributed by atoms with Crippen molar-refractivity contribution >= 4 is 11.6 Å². The van der Waals surface area contributed by atoms with Gasteiger partial charge >= 0.3 is 0 Å². The molecule has 1 heterocycles. The Bertz CT molecular complexity index is 513. The van der Waals surface area contributed by atoms with Gasteiger partial charge in [0.25, 0.3) is 0 Å². The predicted molar refractivity (Wildman–Crippen MR) is 71.7 cm³/mol. The van der Waals surface area contributed by atoms with Gasteiger partial charge in [-0.25, -0.2) is 0 Å². The molecule has 0 N–H and O–H groups in total. The summed E-state index contributed by atoms with van der Waals surface area (Å²) in [6.45, 7) is 6.16. The molecule has 0 amide bonds. The molecule has 0 aliphatic carbocycles. The molecule has 0 saturated heterocycles. The van der Waals surface area contributed by atoms with Crippen molar-refractivity contribution in [2.75, 3.05) is 0 Å². The van der Waals surface area contributed by atoms with E-state index in [0.29, 0.717) is 0 Å². The fourth-order valence-electron chi connectivity index (χ4n) is 1.96. The molecule has 2 heteroatoms. The Morgan fingerprint density at radius 1 is 1.18 bits per heavy atom. The van der Waals surface area contributed by atoms with Crippen LogP contribution in [0.3, 0.4) is 0 Å². The van der Waals surface area contributed by atoms with Gasteiger partial charge in [0.05, 0.1) is 11.6 Å². The minimum absolute atomic E-state index is 0.0204. The van der Waals surface area contributed by atoms with E-state index in [9.17, 15) is 0 Å². The van der Waals surface area contributed by atoms with Gasteiger partial charge in [-0.1, -0.05) is 23.8 Å². The summed E-state index contributed by atoms with van der Waals surface area (Å²) in [6, 6.07) is 8.49. The minimum Gasteiger partial charge on any atom is -0.469 e.